The van der Waals surface area contributed by atoms with E-state index in [1.54, 1.807) is 0 Å². The molecule has 0 aromatic carbocycles. The van der Waals surface area contributed by atoms with Crippen molar-refractivity contribution in [1.29, 1.82) is 0 Å². The van der Waals surface area contributed by atoms with Crippen molar-refractivity contribution < 1.29 is 0 Å². The molecule has 4 aliphatic carbocycles. The summed E-state index contributed by atoms with van der Waals surface area (Å²) in [5.74, 6) is 3.98. The minimum Gasteiger partial charge on any atom is -0.366 e. The van der Waals surface area contributed by atoms with E-state index in [1.807, 2.05) is 12.3 Å². The summed E-state index contributed by atoms with van der Waals surface area (Å²) in [6, 6.07) is 6.80. The molecular formula is C15H19IN2. The highest BCUT2D eigenvalue weighted by atomic mass is 127. The van der Waals surface area contributed by atoms with Crippen molar-refractivity contribution >= 4 is 28.4 Å². The Bertz CT molecular complexity index is 433. The van der Waals surface area contributed by atoms with E-state index in [-0.39, 0.29) is 0 Å². The van der Waals surface area contributed by atoms with Crippen LogP contribution < -0.4 is 5.32 Å². The third-order valence-corrected chi connectivity index (χ3v) is 6.74. The molecule has 1 N–H and O–H groups in total. The van der Waals surface area contributed by atoms with Gasteiger partial charge >= 0.3 is 0 Å². The Morgan fingerprint density at radius 3 is 2.56 bits per heavy atom. The van der Waals surface area contributed by atoms with Crippen LogP contribution in [0, 0.1) is 17.8 Å². The lowest BCUT2D eigenvalue weighted by molar-refractivity contribution is 0.0336. The lowest BCUT2D eigenvalue weighted by Crippen LogP contribution is -2.60. The van der Waals surface area contributed by atoms with E-state index in [1.165, 1.54) is 32.1 Å². The summed E-state index contributed by atoms with van der Waals surface area (Å²) in [7, 11) is 0. The van der Waals surface area contributed by atoms with Crippen molar-refractivity contribution in [3.8, 4) is 0 Å². The van der Waals surface area contributed by atoms with Gasteiger partial charge in [0.25, 0.3) is 0 Å². The van der Waals surface area contributed by atoms with Crippen LogP contribution in [-0.4, -0.2) is 14.4 Å². The van der Waals surface area contributed by atoms with Crippen LogP contribution >= 0.6 is 22.6 Å². The number of rotatable bonds is 2. The molecule has 0 saturated heterocycles. The van der Waals surface area contributed by atoms with E-state index in [0.717, 1.165) is 23.6 Å². The summed E-state index contributed by atoms with van der Waals surface area (Å²) in [6.07, 6.45) is 9.14. The lowest BCUT2D eigenvalue weighted by Gasteiger charge is -2.59. The molecule has 2 nitrogen and oxygen atoms in total. The highest BCUT2D eigenvalue weighted by molar-refractivity contribution is 14.1. The standard InChI is InChI=1S/C15H19IN2/c16-15-8-10-5-11(9-15)7-12(6-10)14(15)18-13-3-1-2-4-17-13/h1-4,10-12,14H,5-9H2,(H,17,18). The van der Waals surface area contributed by atoms with Crippen LogP contribution in [0.1, 0.15) is 32.1 Å². The summed E-state index contributed by atoms with van der Waals surface area (Å²) >= 11 is 2.76. The molecule has 4 aliphatic rings. The molecule has 0 amide bonds. The van der Waals surface area contributed by atoms with Gasteiger partial charge in [-0.2, -0.15) is 0 Å². The first-order valence-corrected chi connectivity index (χ1v) is 8.17. The molecule has 0 spiro atoms. The zero-order valence-corrected chi connectivity index (χ0v) is 12.6. The van der Waals surface area contributed by atoms with E-state index in [4.69, 9.17) is 0 Å². The summed E-state index contributed by atoms with van der Waals surface area (Å²) in [5.41, 5.74) is 0. The van der Waals surface area contributed by atoms with E-state index in [0.29, 0.717) is 9.46 Å². The fourth-order valence-corrected chi connectivity index (χ4v) is 6.71. The van der Waals surface area contributed by atoms with E-state index >= 15 is 0 Å². The topological polar surface area (TPSA) is 24.9 Å². The number of aromatic nitrogens is 1. The first kappa shape index (κ1) is 11.5. The lowest BCUT2D eigenvalue weighted by atomic mass is 9.54. The molecule has 0 aliphatic heterocycles. The summed E-state index contributed by atoms with van der Waals surface area (Å²) in [5, 5.41) is 3.75. The van der Waals surface area contributed by atoms with Crippen LogP contribution in [-0.2, 0) is 0 Å². The van der Waals surface area contributed by atoms with Crippen LogP contribution in [0.15, 0.2) is 24.4 Å². The first-order valence-electron chi connectivity index (χ1n) is 7.09. The highest BCUT2D eigenvalue weighted by Crippen LogP contribution is 2.59. The van der Waals surface area contributed by atoms with Gasteiger partial charge in [-0.15, -0.1) is 0 Å². The SMILES string of the molecule is IC12CC3CC(CC(C3)C1Nc1ccccn1)C2. The Hall–Kier alpha value is -0.320. The molecule has 96 valence electrons. The van der Waals surface area contributed by atoms with E-state index in [2.05, 4.69) is 45.0 Å². The van der Waals surface area contributed by atoms with Gasteiger partial charge in [0.2, 0.25) is 0 Å². The Labute approximate surface area is 122 Å². The number of alkyl halides is 1. The van der Waals surface area contributed by atoms with Gasteiger partial charge in [-0.1, -0.05) is 28.7 Å². The van der Waals surface area contributed by atoms with Gasteiger partial charge in [0.05, 0.1) is 0 Å². The predicted octanol–water partition coefficient (Wildman–Crippen LogP) is 3.88. The fraction of sp³-hybridized carbons (Fsp3) is 0.667. The quantitative estimate of drug-likeness (QED) is 0.644. The minimum absolute atomic E-state index is 0.490. The van der Waals surface area contributed by atoms with Gasteiger partial charge in [0.15, 0.2) is 0 Å². The number of hydrogen-bond acceptors (Lipinski definition) is 2. The highest BCUT2D eigenvalue weighted by Gasteiger charge is 2.55. The summed E-state index contributed by atoms with van der Waals surface area (Å²) in [6.45, 7) is 0. The van der Waals surface area contributed by atoms with Crippen molar-refractivity contribution in [2.24, 2.45) is 17.8 Å². The second-order valence-electron chi connectivity index (χ2n) is 6.48. The zero-order valence-electron chi connectivity index (χ0n) is 10.5. The van der Waals surface area contributed by atoms with Crippen molar-refractivity contribution in [3.05, 3.63) is 24.4 Å². The van der Waals surface area contributed by atoms with Crippen LogP contribution in [0.5, 0.6) is 0 Å². The minimum atomic E-state index is 0.490. The number of halogens is 1. The van der Waals surface area contributed by atoms with Crippen LogP contribution in [0.4, 0.5) is 5.82 Å². The molecule has 1 aromatic rings. The third kappa shape index (κ3) is 1.77. The molecule has 4 fully saturated rings. The van der Waals surface area contributed by atoms with Crippen LogP contribution in [0.3, 0.4) is 0 Å². The molecule has 3 unspecified atom stereocenters. The molecule has 0 radical (unpaired) electrons. The second-order valence-corrected chi connectivity index (χ2v) is 8.63. The number of hydrogen-bond donors (Lipinski definition) is 1. The Morgan fingerprint density at radius 2 is 1.94 bits per heavy atom. The average molecular weight is 354 g/mol. The number of anilines is 1. The second kappa shape index (κ2) is 4.09. The van der Waals surface area contributed by atoms with Crippen molar-refractivity contribution in [3.63, 3.8) is 0 Å². The maximum Gasteiger partial charge on any atom is 0.126 e. The molecule has 3 atom stereocenters. The third-order valence-electron chi connectivity index (χ3n) is 5.19. The molecule has 3 heteroatoms. The monoisotopic (exact) mass is 354 g/mol. The Kier molecular flexibility index (Phi) is 2.61. The Morgan fingerprint density at radius 1 is 1.17 bits per heavy atom. The molecule has 1 aromatic heterocycles. The van der Waals surface area contributed by atoms with Crippen LogP contribution in [0.25, 0.3) is 0 Å². The van der Waals surface area contributed by atoms with Crippen molar-refractivity contribution in [2.75, 3.05) is 5.32 Å². The van der Waals surface area contributed by atoms with E-state index < -0.39 is 0 Å². The maximum atomic E-state index is 4.45. The molecule has 5 rings (SSSR count). The van der Waals surface area contributed by atoms with Gasteiger partial charge < -0.3 is 5.32 Å². The first-order chi connectivity index (χ1) is 8.73. The zero-order chi connectivity index (χ0) is 12.2. The van der Waals surface area contributed by atoms with Crippen LogP contribution in [0.2, 0.25) is 0 Å². The smallest absolute Gasteiger partial charge is 0.126 e. The van der Waals surface area contributed by atoms with E-state index in [9.17, 15) is 0 Å². The molecule has 1 heterocycles. The molecule has 4 saturated carbocycles. The van der Waals surface area contributed by atoms with Gasteiger partial charge in [-0.05, 0) is 62.0 Å². The normalized spacial score (nSPS) is 45.2. The predicted molar refractivity (Wildman–Crippen MR) is 82.0 cm³/mol. The van der Waals surface area contributed by atoms with Gasteiger partial charge in [0.1, 0.15) is 5.82 Å². The number of pyridine rings is 1. The molecule has 4 bridgehead atoms. The molecular weight excluding hydrogens is 335 g/mol. The summed E-state index contributed by atoms with van der Waals surface area (Å²) < 4.78 is 0.490. The van der Waals surface area contributed by atoms with Gasteiger partial charge in [-0.25, -0.2) is 4.98 Å². The van der Waals surface area contributed by atoms with Crippen molar-refractivity contribution in [2.45, 2.75) is 41.6 Å². The maximum absolute atomic E-state index is 4.45. The molecule has 18 heavy (non-hydrogen) atoms. The summed E-state index contributed by atoms with van der Waals surface area (Å²) in [4.78, 5) is 4.45. The fourth-order valence-electron chi connectivity index (χ4n) is 4.80. The van der Waals surface area contributed by atoms with Gasteiger partial charge in [-0.3, -0.25) is 0 Å². The number of nitrogens with zero attached hydrogens (tertiary/aromatic N) is 1. The van der Waals surface area contributed by atoms with Gasteiger partial charge in [0, 0.05) is 15.7 Å². The Balaban J connectivity index is 1.61. The largest absolute Gasteiger partial charge is 0.366 e. The number of nitrogens with one attached hydrogen (secondary N) is 1. The van der Waals surface area contributed by atoms with Crippen molar-refractivity contribution in [1.82, 2.24) is 4.98 Å². The average Bonchev–Trinajstić information content (AvgIpc) is 2.34.